The van der Waals surface area contributed by atoms with E-state index in [9.17, 15) is 10.2 Å². The summed E-state index contributed by atoms with van der Waals surface area (Å²) in [7, 11) is 0. The van der Waals surface area contributed by atoms with Crippen LogP contribution in [0, 0.1) is 0 Å². The fourth-order valence-corrected chi connectivity index (χ4v) is 5.96. The zero-order valence-electron chi connectivity index (χ0n) is 25.4. The van der Waals surface area contributed by atoms with Crippen LogP contribution in [0.5, 0.6) is 11.5 Å². The Hall–Kier alpha value is -6.00. The summed E-state index contributed by atoms with van der Waals surface area (Å²) in [5.74, 6) is 0.460. The highest BCUT2D eigenvalue weighted by atomic mass is 16.3. The van der Waals surface area contributed by atoms with Crippen LogP contribution in [0.4, 0.5) is 0 Å². The first kappa shape index (κ1) is 28.8. The van der Waals surface area contributed by atoms with Crippen molar-refractivity contribution in [2.45, 2.75) is 13.3 Å². The molecule has 0 unspecified atom stereocenters. The number of benzene rings is 6. The molecule has 46 heavy (non-hydrogen) atoms. The predicted octanol–water partition coefficient (Wildman–Crippen LogP) is 10.5. The van der Waals surface area contributed by atoms with E-state index in [1.54, 1.807) is 0 Å². The van der Waals surface area contributed by atoms with Gasteiger partial charge in [0.15, 0.2) is 0 Å². The third kappa shape index (κ3) is 5.53. The fourth-order valence-electron chi connectivity index (χ4n) is 5.96. The molecule has 0 bridgehead atoms. The van der Waals surface area contributed by atoms with Gasteiger partial charge in [0.25, 0.3) is 0 Å². The Kier molecular flexibility index (Phi) is 7.84. The highest BCUT2D eigenvalue weighted by Gasteiger charge is 2.19. The number of rotatable bonds is 7. The third-order valence-corrected chi connectivity index (χ3v) is 8.31. The average Bonchev–Trinajstić information content (AvgIpc) is 3.13. The van der Waals surface area contributed by atoms with Crippen molar-refractivity contribution >= 4 is 0 Å². The van der Waals surface area contributed by atoms with Gasteiger partial charge in [0.05, 0.1) is 23.3 Å². The topological polar surface area (TPSA) is 66.2 Å². The molecule has 0 saturated heterocycles. The minimum absolute atomic E-state index is 0.229. The van der Waals surface area contributed by atoms with Crippen LogP contribution < -0.4 is 0 Å². The molecule has 0 radical (unpaired) electrons. The summed E-state index contributed by atoms with van der Waals surface area (Å²) in [5, 5.41) is 23.0. The molecule has 0 atom stereocenters. The smallest absolute Gasteiger partial charge is 0.131 e. The Morgan fingerprint density at radius 1 is 0.457 bits per heavy atom. The molecule has 0 aliphatic rings. The maximum absolute atomic E-state index is 11.5. The van der Waals surface area contributed by atoms with Gasteiger partial charge in [-0.25, -0.2) is 4.98 Å². The normalized spacial score (nSPS) is 11.0. The summed E-state index contributed by atoms with van der Waals surface area (Å²) in [6.07, 6.45) is 2.47. The van der Waals surface area contributed by atoms with Gasteiger partial charge in [0.2, 0.25) is 0 Å². The average molecular weight is 597 g/mol. The summed E-state index contributed by atoms with van der Waals surface area (Å²) in [5.41, 5.74) is 10.7. The Bertz CT molecular complexity index is 2010. The summed E-state index contributed by atoms with van der Waals surface area (Å²) in [4.78, 5) is 10.2. The predicted molar refractivity (Wildman–Crippen MR) is 187 cm³/mol. The number of hydrogen-bond acceptors (Lipinski definition) is 4. The van der Waals surface area contributed by atoms with E-state index in [2.05, 4.69) is 6.92 Å². The zero-order chi connectivity index (χ0) is 31.5. The maximum atomic E-state index is 11.5. The second kappa shape index (κ2) is 12.5. The molecule has 0 fully saturated rings. The van der Waals surface area contributed by atoms with Gasteiger partial charge in [-0.05, 0) is 52.9 Å². The molecule has 0 spiro atoms. The van der Waals surface area contributed by atoms with E-state index >= 15 is 0 Å². The zero-order valence-corrected chi connectivity index (χ0v) is 25.4. The highest BCUT2D eigenvalue weighted by molar-refractivity contribution is 5.89. The summed E-state index contributed by atoms with van der Waals surface area (Å²) in [6, 6.07) is 47.6. The van der Waals surface area contributed by atoms with Crippen LogP contribution in [0.3, 0.4) is 0 Å². The van der Waals surface area contributed by atoms with Gasteiger partial charge < -0.3 is 10.2 Å². The van der Waals surface area contributed by atoms with Crippen molar-refractivity contribution < 1.29 is 10.2 Å². The van der Waals surface area contributed by atoms with E-state index in [0.717, 1.165) is 72.7 Å². The van der Waals surface area contributed by atoms with E-state index in [4.69, 9.17) is 9.97 Å². The number of aryl methyl sites for hydroxylation is 1. The Morgan fingerprint density at radius 3 is 1.15 bits per heavy atom. The second-order valence-corrected chi connectivity index (χ2v) is 11.2. The van der Waals surface area contributed by atoms with Gasteiger partial charge in [-0.15, -0.1) is 0 Å². The van der Waals surface area contributed by atoms with Crippen molar-refractivity contribution in [1.29, 1.82) is 0 Å². The second-order valence-electron chi connectivity index (χ2n) is 11.2. The largest absolute Gasteiger partial charge is 0.507 e. The third-order valence-electron chi connectivity index (χ3n) is 8.31. The molecular weight excluding hydrogens is 564 g/mol. The van der Waals surface area contributed by atoms with Crippen LogP contribution in [0.15, 0.2) is 152 Å². The molecule has 4 heteroatoms. The lowest BCUT2D eigenvalue weighted by Crippen LogP contribution is -2.00. The molecule has 6 aromatic carbocycles. The molecule has 1 heterocycles. The molecule has 0 amide bonds. The van der Waals surface area contributed by atoms with Crippen molar-refractivity contribution in [1.82, 2.24) is 9.97 Å². The Balaban J connectivity index is 1.40. The Morgan fingerprint density at radius 2 is 0.804 bits per heavy atom. The van der Waals surface area contributed by atoms with Crippen molar-refractivity contribution in [2.24, 2.45) is 0 Å². The number of aromatic nitrogens is 2. The number of hydrogen-bond donors (Lipinski definition) is 2. The minimum Gasteiger partial charge on any atom is -0.507 e. The van der Waals surface area contributed by atoms with Crippen molar-refractivity contribution in [3.05, 3.63) is 157 Å². The highest BCUT2D eigenvalue weighted by Crippen LogP contribution is 2.44. The van der Waals surface area contributed by atoms with E-state index in [1.807, 2.05) is 152 Å². The van der Waals surface area contributed by atoms with Crippen molar-refractivity contribution in [3.63, 3.8) is 0 Å². The molecular formula is C42H32N2O2. The standard InChI is InChI=1S/C42H32N2O2/c1-2-38-40(33-25-36(30-19-11-5-12-20-30)42(46)37(26-33)31-21-13-6-14-22-31)43-27-39(44-38)32-23-34(28-15-7-3-8-16-28)41(45)35(24-32)29-17-9-4-10-18-29/h3-27,45-46H,2H2,1H3. The molecule has 2 N–H and O–H groups in total. The molecule has 4 nitrogen and oxygen atoms in total. The Labute approximate surface area is 269 Å². The van der Waals surface area contributed by atoms with Crippen molar-refractivity contribution in [2.75, 3.05) is 0 Å². The molecule has 1 aromatic heterocycles. The number of aromatic hydroxyl groups is 2. The van der Waals surface area contributed by atoms with E-state index in [1.165, 1.54) is 0 Å². The van der Waals surface area contributed by atoms with Gasteiger partial charge in [-0.1, -0.05) is 128 Å². The summed E-state index contributed by atoms with van der Waals surface area (Å²) < 4.78 is 0. The number of phenolic OH excluding ortho intramolecular Hbond substituents is 2. The lowest BCUT2D eigenvalue weighted by atomic mass is 9.92. The lowest BCUT2D eigenvalue weighted by Gasteiger charge is -2.17. The molecule has 0 saturated carbocycles. The van der Waals surface area contributed by atoms with E-state index in [-0.39, 0.29) is 11.5 Å². The fraction of sp³-hybridized carbons (Fsp3) is 0.0476. The van der Waals surface area contributed by atoms with Crippen LogP contribution in [0.2, 0.25) is 0 Å². The van der Waals surface area contributed by atoms with Gasteiger partial charge >= 0.3 is 0 Å². The van der Waals surface area contributed by atoms with Crippen LogP contribution in [0.1, 0.15) is 12.6 Å². The minimum atomic E-state index is 0.229. The van der Waals surface area contributed by atoms with Gasteiger partial charge in [-0.2, -0.15) is 0 Å². The van der Waals surface area contributed by atoms with Crippen LogP contribution in [0.25, 0.3) is 67.0 Å². The van der Waals surface area contributed by atoms with Gasteiger partial charge in [-0.3, -0.25) is 4.98 Å². The summed E-state index contributed by atoms with van der Waals surface area (Å²) >= 11 is 0. The van der Waals surface area contributed by atoms with E-state index in [0.29, 0.717) is 6.42 Å². The number of phenols is 2. The van der Waals surface area contributed by atoms with Crippen LogP contribution in [-0.2, 0) is 6.42 Å². The molecule has 222 valence electrons. The molecule has 7 aromatic rings. The lowest BCUT2D eigenvalue weighted by molar-refractivity contribution is 0.479. The van der Waals surface area contributed by atoms with Crippen molar-refractivity contribution in [3.8, 4) is 78.5 Å². The maximum Gasteiger partial charge on any atom is 0.131 e. The molecule has 0 aliphatic carbocycles. The number of nitrogens with zero attached hydrogens (tertiary/aromatic N) is 2. The summed E-state index contributed by atoms with van der Waals surface area (Å²) in [6.45, 7) is 2.08. The van der Waals surface area contributed by atoms with Crippen LogP contribution >= 0.6 is 0 Å². The monoisotopic (exact) mass is 596 g/mol. The van der Waals surface area contributed by atoms with Crippen LogP contribution in [-0.4, -0.2) is 20.2 Å². The molecule has 0 aliphatic heterocycles. The SMILES string of the molecule is CCc1nc(-c2cc(-c3ccccc3)c(O)c(-c3ccccc3)c2)cnc1-c1cc(-c2ccccc2)c(O)c(-c2ccccc2)c1. The quantitative estimate of drug-likeness (QED) is 0.192. The van der Waals surface area contributed by atoms with Gasteiger partial charge in [0.1, 0.15) is 11.5 Å². The molecule has 7 rings (SSSR count). The first-order valence-electron chi connectivity index (χ1n) is 15.4. The first-order chi connectivity index (χ1) is 22.6. The van der Waals surface area contributed by atoms with Gasteiger partial charge in [0, 0.05) is 33.4 Å². The van der Waals surface area contributed by atoms with E-state index < -0.39 is 0 Å². The first-order valence-corrected chi connectivity index (χ1v) is 15.4.